The summed E-state index contributed by atoms with van der Waals surface area (Å²) < 4.78 is 0. The minimum Gasteiger partial charge on any atom is -0.295 e. The molecule has 0 fully saturated rings. The molecule has 0 aromatic carbocycles. The van der Waals surface area contributed by atoms with Crippen LogP contribution in [0.2, 0.25) is 0 Å². The van der Waals surface area contributed by atoms with Crippen LogP contribution in [0.4, 0.5) is 0 Å². The zero-order valence-corrected chi connectivity index (χ0v) is 6.05. The Morgan fingerprint density at radius 3 is 2.70 bits per heavy atom. The first kappa shape index (κ1) is 5.90. The van der Waals surface area contributed by atoms with Crippen molar-refractivity contribution in [2.24, 2.45) is 5.92 Å². The molecule has 52 valence electrons. The molecule has 1 atom stereocenters. The maximum atomic E-state index is 10.9. The molecule has 1 heteroatoms. The van der Waals surface area contributed by atoms with E-state index in [0.29, 0.717) is 5.92 Å². The lowest BCUT2D eigenvalue weighted by atomic mass is 10.0. The first-order valence-electron chi connectivity index (χ1n) is 3.68. The quantitative estimate of drug-likeness (QED) is 0.535. The van der Waals surface area contributed by atoms with E-state index in [0.717, 1.165) is 18.4 Å². The molecule has 0 N–H and O–H groups in total. The molecule has 10 heavy (non-hydrogen) atoms. The third-order valence-electron chi connectivity index (χ3n) is 2.33. The molecule has 2 bridgehead atoms. The van der Waals surface area contributed by atoms with Crippen molar-refractivity contribution in [1.82, 2.24) is 0 Å². The summed E-state index contributed by atoms with van der Waals surface area (Å²) >= 11 is 0. The van der Waals surface area contributed by atoms with E-state index >= 15 is 0 Å². The van der Waals surface area contributed by atoms with Crippen LogP contribution < -0.4 is 0 Å². The molecule has 2 aliphatic carbocycles. The second kappa shape index (κ2) is 1.82. The topological polar surface area (TPSA) is 17.1 Å². The molecule has 0 aromatic rings. The summed E-state index contributed by atoms with van der Waals surface area (Å²) in [4.78, 5) is 10.9. The van der Waals surface area contributed by atoms with Gasteiger partial charge >= 0.3 is 0 Å². The Hall–Kier alpha value is -0.850. The largest absolute Gasteiger partial charge is 0.295 e. The van der Waals surface area contributed by atoms with Crippen LogP contribution in [0.15, 0.2) is 23.3 Å². The molecule has 0 saturated carbocycles. The van der Waals surface area contributed by atoms with E-state index in [9.17, 15) is 4.79 Å². The number of fused-ring (bicyclic) bond motifs is 2. The summed E-state index contributed by atoms with van der Waals surface area (Å²) in [6.45, 7) is 1.66. The molecule has 0 heterocycles. The highest BCUT2D eigenvalue weighted by molar-refractivity contribution is 5.95. The van der Waals surface area contributed by atoms with E-state index in [2.05, 4.69) is 12.2 Å². The van der Waals surface area contributed by atoms with Crippen LogP contribution in [0.1, 0.15) is 19.8 Å². The van der Waals surface area contributed by atoms with Crippen molar-refractivity contribution < 1.29 is 4.79 Å². The van der Waals surface area contributed by atoms with Gasteiger partial charge in [-0.15, -0.1) is 0 Å². The molecule has 0 saturated heterocycles. The van der Waals surface area contributed by atoms with Gasteiger partial charge in [0.1, 0.15) is 0 Å². The van der Waals surface area contributed by atoms with Crippen LogP contribution in [0, 0.1) is 5.92 Å². The standard InChI is InChI=1S/C9H10O/c1-6(10)9-5-7-2-3-8(9)4-7/h2-3,7H,4-5H2,1H3. The molecule has 0 aliphatic heterocycles. The number of ketones is 1. The molecule has 2 aliphatic rings. The molecule has 1 unspecified atom stereocenters. The molecule has 0 spiro atoms. The minimum atomic E-state index is 0.266. The van der Waals surface area contributed by atoms with Gasteiger partial charge < -0.3 is 0 Å². The fourth-order valence-electron chi connectivity index (χ4n) is 1.80. The maximum Gasteiger partial charge on any atom is 0.156 e. The number of carbonyl (C=O) groups is 1. The van der Waals surface area contributed by atoms with Crippen LogP contribution in [-0.2, 0) is 4.79 Å². The van der Waals surface area contributed by atoms with Gasteiger partial charge in [-0.2, -0.15) is 0 Å². The van der Waals surface area contributed by atoms with E-state index in [4.69, 9.17) is 0 Å². The first-order chi connectivity index (χ1) is 4.77. The van der Waals surface area contributed by atoms with Gasteiger partial charge in [-0.25, -0.2) is 0 Å². The molecule has 1 nitrogen and oxygen atoms in total. The Morgan fingerprint density at radius 1 is 1.60 bits per heavy atom. The van der Waals surface area contributed by atoms with Crippen molar-refractivity contribution in [1.29, 1.82) is 0 Å². The lowest BCUT2D eigenvalue weighted by Gasteiger charge is -2.02. The van der Waals surface area contributed by atoms with Crippen molar-refractivity contribution in [3.8, 4) is 0 Å². The summed E-state index contributed by atoms with van der Waals surface area (Å²) in [7, 11) is 0. The number of hydrogen-bond acceptors (Lipinski definition) is 1. The van der Waals surface area contributed by atoms with Crippen LogP contribution in [0.25, 0.3) is 0 Å². The summed E-state index contributed by atoms with van der Waals surface area (Å²) in [5, 5.41) is 0. The monoisotopic (exact) mass is 134 g/mol. The van der Waals surface area contributed by atoms with E-state index in [-0.39, 0.29) is 5.78 Å². The van der Waals surface area contributed by atoms with E-state index in [1.807, 2.05) is 0 Å². The van der Waals surface area contributed by atoms with Crippen molar-refractivity contribution in [2.75, 3.05) is 0 Å². The second-order valence-electron chi connectivity index (χ2n) is 3.09. The molecule has 0 radical (unpaired) electrons. The lowest BCUT2D eigenvalue weighted by molar-refractivity contribution is -0.113. The Balaban J connectivity index is 2.39. The highest BCUT2D eigenvalue weighted by Crippen LogP contribution is 2.38. The first-order valence-corrected chi connectivity index (χ1v) is 3.68. The van der Waals surface area contributed by atoms with Crippen LogP contribution in [0.5, 0.6) is 0 Å². The van der Waals surface area contributed by atoms with Gasteiger partial charge in [-0.3, -0.25) is 4.79 Å². The molecular weight excluding hydrogens is 124 g/mol. The third kappa shape index (κ3) is 0.666. The lowest BCUT2D eigenvalue weighted by Crippen LogP contribution is -1.98. The van der Waals surface area contributed by atoms with E-state index < -0.39 is 0 Å². The average molecular weight is 134 g/mol. The summed E-state index contributed by atoms with van der Waals surface area (Å²) in [6.07, 6.45) is 6.43. The number of carbonyl (C=O) groups excluding carboxylic acids is 1. The predicted molar refractivity (Wildman–Crippen MR) is 39.6 cm³/mol. The zero-order valence-electron chi connectivity index (χ0n) is 6.05. The van der Waals surface area contributed by atoms with Gasteiger partial charge in [0, 0.05) is 0 Å². The summed E-state index contributed by atoms with van der Waals surface area (Å²) in [6, 6.07) is 0. The van der Waals surface area contributed by atoms with E-state index in [1.165, 1.54) is 5.57 Å². The molecule has 2 rings (SSSR count). The van der Waals surface area contributed by atoms with Crippen LogP contribution in [0.3, 0.4) is 0 Å². The SMILES string of the molecule is CC(=O)C1=C2C=CC(C2)C1. The molecule has 0 amide bonds. The van der Waals surface area contributed by atoms with E-state index in [1.54, 1.807) is 6.92 Å². The van der Waals surface area contributed by atoms with Gasteiger partial charge in [0.05, 0.1) is 0 Å². The van der Waals surface area contributed by atoms with Crippen molar-refractivity contribution in [3.63, 3.8) is 0 Å². The highest BCUT2D eigenvalue weighted by atomic mass is 16.1. The summed E-state index contributed by atoms with van der Waals surface area (Å²) in [5.41, 5.74) is 2.37. The Kier molecular flexibility index (Phi) is 1.07. The minimum absolute atomic E-state index is 0.266. The Bertz CT molecular complexity index is 245. The smallest absolute Gasteiger partial charge is 0.156 e. The fourth-order valence-corrected chi connectivity index (χ4v) is 1.80. The third-order valence-corrected chi connectivity index (χ3v) is 2.33. The van der Waals surface area contributed by atoms with Gasteiger partial charge in [0.15, 0.2) is 5.78 Å². The second-order valence-corrected chi connectivity index (χ2v) is 3.09. The van der Waals surface area contributed by atoms with Gasteiger partial charge in [0.25, 0.3) is 0 Å². The molecule has 0 aromatic heterocycles. The van der Waals surface area contributed by atoms with Crippen molar-refractivity contribution in [2.45, 2.75) is 19.8 Å². The normalized spacial score (nSPS) is 28.3. The van der Waals surface area contributed by atoms with Crippen LogP contribution in [-0.4, -0.2) is 5.78 Å². The van der Waals surface area contributed by atoms with Crippen LogP contribution >= 0.6 is 0 Å². The number of rotatable bonds is 1. The Morgan fingerprint density at radius 2 is 2.40 bits per heavy atom. The number of hydrogen-bond donors (Lipinski definition) is 0. The summed E-state index contributed by atoms with van der Waals surface area (Å²) in [5.74, 6) is 0.927. The van der Waals surface area contributed by atoms with Gasteiger partial charge in [-0.1, -0.05) is 12.2 Å². The fraction of sp³-hybridized carbons (Fsp3) is 0.444. The van der Waals surface area contributed by atoms with Gasteiger partial charge in [0.2, 0.25) is 0 Å². The maximum absolute atomic E-state index is 10.9. The predicted octanol–water partition coefficient (Wildman–Crippen LogP) is 1.85. The van der Waals surface area contributed by atoms with Crippen molar-refractivity contribution in [3.05, 3.63) is 23.3 Å². The molecular formula is C9H10O. The number of allylic oxidation sites excluding steroid dienone is 4. The van der Waals surface area contributed by atoms with Crippen molar-refractivity contribution >= 4 is 5.78 Å². The zero-order chi connectivity index (χ0) is 7.14. The Labute approximate surface area is 60.4 Å². The number of Topliss-reactive ketones (excluding diaryl/α,β-unsaturated/α-hetero) is 1. The van der Waals surface area contributed by atoms with Gasteiger partial charge in [-0.05, 0) is 36.8 Å². The highest BCUT2D eigenvalue weighted by Gasteiger charge is 2.27. The average Bonchev–Trinajstić information content (AvgIpc) is 2.44.